The molecule has 1 atom stereocenters. The molecule has 1 amide bonds. The summed E-state index contributed by atoms with van der Waals surface area (Å²) in [7, 11) is -3.83. The first kappa shape index (κ1) is 22.2. The Balaban J connectivity index is 1.79. The van der Waals surface area contributed by atoms with Gasteiger partial charge in [-0.25, -0.2) is 8.42 Å². The number of nitrogens with zero attached hydrogens (tertiary/aromatic N) is 1. The third kappa shape index (κ3) is 5.78. The number of nitrogens with one attached hydrogen (secondary N) is 1. The number of carbonyl (C=O) groups is 1. The highest BCUT2D eigenvalue weighted by Gasteiger charge is 2.27. The van der Waals surface area contributed by atoms with Gasteiger partial charge < -0.3 is 5.32 Å². The summed E-state index contributed by atoms with van der Waals surface area (Å²) in [5, 5.41) is 2.90. The van der Waals surface area contributed by atoms with Crippen molar-refractivity contribution in [3.05, 3.63) is 101 Å². The van der Waals surface area contributed by atoms with Gasteiger partial charge in [-0.05, 0) is 42.3 Å². The van der Waals surface area contributed by atoms with Gasteiger partial charge in [0.2, 0.25) is 15.9 Å². The van der Waals surface area contributed by atoms with Crippen LogP contribution in [0.3, 0.4) is 0 Å². The smallest absolute Gasteiger partial charge is 0.243 e. The normalized spacial score (nSPS) is 12.5. The first-order valence-corrected chi connectivity index (χ1v) is 11.7. The monoisotopic (exact) mass is 486 g/mol. The molecule has 0 saturated heterocycles. The average Bonchev–Trinajstić information content (AvgIpc) is 2.75. The van der Waals surface area contributed by atoms with Crippen LogP contribution >= 0.6 is 15.9 Å². The zero-order chi connectivity index (χ0) is 21.6. The predicted octanol–water partition coefficient (Wildman–Crippen LogP) is 4.52. The number of amides is 1. The second-order valence-electron chi connectivity index (χ2n) is 6.91. The molecule has 0 saturated carbocycles. The Bertz CT molecular complexity index is 1070. The molecule has 0 aliphatic rings. The molecular formula is C23H23BrN2O3S. The van der Waals surface area contributed by atoms with Crippen molar-refractivity contribution in [1.82, 2.24) is 9.62 Å². The molecule has 0 aromatic heterocycles. The average molecular weight is 487 g/mol. The van der Waals surface area contributed by atoms with Crippen molar-refractivity contribution < 1.29 is 13.2 Å². The van der Waals surface area contributed by atoms with Gasteiger partial charge in [-0.2, -0.15) is 4.31 Å². The van der Waals surface area contributed by atoms with Crippen molar-refractivity contribution in [3.63, 3.8) is 0 Å². The molecule has 5 nitrogen and oxygen atoms in total. The maximum atomic E-state index is 13.2. The lowest BCUT2D eigenvalue weighted by Crippen LogP contribution is -2.41. The molecule has 0 aliphatic heterocycles. The van der Waals surface area contributed by atoms with E-state index in [-0.39, 0.29) is 29.9 Å². The number of sulfonamides is 1. The minimum absolute atomic E-state index is 0.109. The molecule has 3 aromatic rings. The first-order chi connectivity index (χ1) is 14.4. The van der Waals surface area contributed by atoms with Crippen LogP contribution in [-0.4, -0.2) is 25.2 Å². The summed E-state index contributed by atoms with van der Waals surface area (Å²) in [6, 6.07) is 24.8. The molecule has 0 radical (unpaired) electrons. The van der Waals surface area contributed by atoms with E-state index in [0.717, 1.165) is 15.6 Å². The number of benzene rings is 3. The maximum absolute atomic E-state index is 13.2. The fourth-order valence-electron chi connectivity index (χ4n) is 3.04. The molecule has 156 valence electrons. The number of hydrogen-bond acceptors (Lipinski definition) is 3. The molecule has 3 aromatic carbocycles. The first-order valence-electron chi connectivity index (χ1n) is 9.50. The van der Waals surface area contributed by atoms with E-state index in [1.807, 2.05) is 61.5 Å². The number of halogens is 1. The van der Waals surface area contributed by atoms with E-state index >= 15 is 0 Å². The Kier molecular flexibility index (Phi) is 7.42. The van der Waals surface area contributed by atoms with Crippen LogP contribution in [0.5, 0.6) is 0 Å². The van der Waals surface area contributed by atoms with Crippen LogP contribution < -0.4 is 5.32 Å². The van der Waals surface area contributed by atoms with Gasteiger partial charge in [-0.15, -0.1) is 0 Å². The lowest BCUT2D eigenvalue weighted by molar-refractivity contribution is -0.122. The molecule has 0 bridgehead atoms. The van der Waals surface area contributed by atoms with Gasteiger partial charge in [0.25, 0.3) is 0 Å². The van der Waals surface area contributed by atoms with Crippen LogP contribution in [0.25, 0.3) is 0 Å². The van der Waals surface area contributed by atoms with Crippen LogP contribution in [0.4, 0.5) is 0 Å². The Morgan fingerprint density at radius 3 is 2.10 bits per heavy atom. The lowest BCUT2D eigenvalue weighted by atomic mass is 10.1. The van der Waals surface area contributed by atoms with Gasteiger partial charge in [-0.1, -0.05) is 76.6 Å². The van der Waals surface area contributed by atoms with Crippen LogP contribution in [-0.2, 0) is 21.4 Å². The summed E-state index contributed by atoms with van der Waals surface area (Å²) in [5.74, 6) is -0.360. The second-order valence-corrected chi connectivity index (χ2v) is 9.77. The number of carbonyl (C=O) groups excluding carboxylic acids is 1. The fraction of sp³-hybridized carbons (Fsp3) is 0.174. The van der Waals surface area contributed by atoms with Crippen molar-refractivity contribution in [1.29, 1.82) is 0 Å². The summed E-state index contributed by atoms with van der Waals surface area (Å²) in [6.07, 6.45) is 0. The predicted molar refractivity (Wildman–Crippen MR) is 121 cm³/mol. The highest BCUT2D eigenvalue weighted by molar-refractivity contribution is 9.10. The van der Waals surface area contributed by atoms with E-state index in [0.29, 0.717) is 0 Å². The van der Waals surface area contributed by atoms with Crippen LogP contribution in [0.1, 0.15) is 24.1 Å². The van der Waals surface area contributed by atoms with Gasteiger partial charge in [0, 0.05) is 11.0 Å². The summed E-state index contributed by atoms with van der Waals surface area (Å²) in [4.78, 5) is 12.9. The van der Waals surface area contributed by atoms with E-state index in [1.54, 1.807) is 18.2 Å². The number of rotatable bonds is 8. The fourth-order valence-corrected chi connectivity index (χ4v) is 4.71. The SMILES string of the molecule is CC(NC(=O)CN(Cc1ccccc1)S(=O)(=O)c1ccccc1)c1ccc(Br)cc1. The summed E-state index contributed by atoms with van der Waals surface area (Å²) in [5.41, 5.74) is 1.75. The molecule has 0 aliphatic carbocycles. The van der Waals surface area contributed by atoms with Crippen molar-refractivity contribution in [3.8, 4) is 0 Å². The Hall–Kier alpha value is -2.48. The second kappa shape index (κ2) is 10.0. The molecule has 30 heavy (non-hydrogen) atoms. The molecule has 7 heteroatoms. The molecule has 1 unspecified atom stereocenters. The standard InChI is InChI=1S/C23H23BrN2O3S/c1-18(20-12-14-21(24)15-13-20)25-23(27)17-26(16-19-8-4-2-5-9-19)30(28,29)22-10-6-3-7-11-22/h2-15,18H,16-17H2,1H3,(H,25,27). The topological polar surface area (TPSA) is 66.5 Å². The van der Waals surface area contributed by atoms with E-state index in [9.17, 15) is 13.2 Å². The molecular weight excluding hydrogens is 464 g/mol. The maximum Gasteiger partial charge on any atom is 0.243 e. The molecule has 1 N–H and O–H groups in total. The van der Waals surface area contributed by atoms with E-state index in [2.05, 4.69) is 21.2 Å². The van der Waals surface area contributed by atoms with Gasteiger partial charge in [0.05, 0.1) is 17.5 Å². The lowest BCUT2D eigenvalue weighted by Gasteiger charge is -2.23. The largest absolute Gasteiger partial charge is 0.348 e. The quantitative estimate of drug-likeness (QED) is 0.508. The van der Waals surface area contributed by atoms with Crippen LogP contribution in [0, 0.1) is 0 Å². The third-order valence-corrected chi connectivity index (χ3v) is 6.98. The zero-order valence-electron chi connectivity index (χ0n) is 16.5. The van der Waals surface area contributed by atoms with E-state index in [1.165, 1.54) is 16.4 Å². The van der Waals surface area contributed by atoms with Crippen molar-refractivity contribution >= 4 is 31.9 Å². The van der Waals surface area contributed by atoms with Crippen LogP contribution in [0.2, 0.25) is 0 Å². The Labute approximate surface area is 185 Å². The highest BCUT2D eigenvalue weighted by Crippen LogP contribution is 2.19. The van der Waals surface area contributed by atoms with Crippen molar-refractivity contribution in [2.75, 3.05) is 6.54 Å². The Morgan fingerprint density at radius 1 is 0.933 bits per heavy atom. The van der Waals surface area contributed by atoms with Gasteiger partial charge in [0.15, 0.2) is 0 Å². The molecule has 0 fully saturated rings. The zero-order valence-corrected chi connectivity index (χ0v) is 18.9. The highest BCUT2D eigenvalue weighted by atomic mass is 79.9. The molecule has 3 rings (SSSR count). The minimum atomic E-state index is -3.83. The molecule has 0 heterocycles. The minimum Gasteiger partial charge on any atom is -0.348 e. The van der Waals surface area contributed by atoms with E-state index in [4.69, 9.17) is 0 Å². The van der Waals surface area contributed by atoms with Gasteiger partial charge >= 0.3 is 0 Å². The summed E-state index contributed by atoms with van der Waals surface area (Å²) in [6.45, 7) is 1.71. The van der Waals surface area contributed by atoms with Gasteiger partial charge in [0.1, 0.15) is 0 Å². The third-order valence-electron chi connectivity index (χ3n) is 4.65. The van der Waals surface area contributed by atoms with Crippen LogP contribution in [0.15, 0.2) is 94.3 Å². The van der Waals surface area contributed by atoms with Crippen molar-refractivity contribution in [2.45, 2.75) is 24.4 Å². The summed E-state index contributed by atoms with van der Waals surface area (Å²) < 4.78 is 28.6. The van der Waals surface area contributed by atoms with Crippen molar-refractivity contribution in [2.24, 2.45) is 0 Å². The Morgan fingerprint density at radius 2 is 1.50 bits per heavy atom. The summed E-state index contributed by atoms with van der Waals surface area (Å²) >= 11 is 3.39. The van der Waals surface area contributed by atoms with E-state index < -0.39 is 10.0 Å². The van der Waals surface area contributed by atoms with Gasteiger partial charge in [-0.3, -0.25) is 4.79 Å². The number of hydrogen-bond donors (Lipinski definition) is 1. The molecule has 0 spiro atoms.